The second-order valence-corrected chi connectivity index (χ2v) is 9.30. The number of nitrogens with one attached hydrogen (secondary N) is 1. The Morgan fingerprint density at radius 3 is 3.04 bits per heavy atom. The lowest BCUT2D eigenvalue weighted by molar-refractivity contribution is -0.127. The average Bonchev–Trinajstić information content (AvgIpc) is 3.30. The molecule has 1 N–H and O–H groups in total. The van der Waals surface area contributed by atoms with Gasteiger partial charge in [-0.1, -0.05) is 6.07 Å². The number of carbonyl (C=O) groups excluding carboxylic acids is 1. The Morgan fingerprint density at radius 1 is 1.50 bits per heavy atom. The third-order valence-corrected chi connectivity index (χ3v) is 7.12. The Bertz CT molecular complexity index is 872. The SMILES string of the molecule is Cn1cc(/C=C/C(=O)N2CCC[C@@H](CNS(=O)(=O)c3cccs3)C2)cn1. The minimum atomic E-state index is -3.46. The van der Waals surface area contributed by atoms with Gasteiger partial charge in [0.15, 0.2) is 0 Å². The summed E-state index contributed by atoms with van der Waals surface area (Å²) in [4.78, 5) is 14.2. The van der Waals surface area contributed by atoms with Crippen LogP contribution in [0.2, 0.25) is 0 Å². The van der Waals surface area contributed by atoms with Crippen molar-refractivity contribution in [2.75, 3.05) is 19.6 Å². The van der Waals surface area contributed by atoms with Crippen molar-refractivity contribution in [2.45, 2.75) is 17.1 Å². The van der Waals surface area contributed by atoms with Gasteiger partial charge in [-0.3, -0.25) is 9.48 Å². The number of nitrogens with zero attached hydrogens (tertiary/aromatic N) is 3. The predicted octanol–water partition coefficient (Wildman–Crippen LogP) is 1.71. The molecule has 0 aromatic carbocycles. The Balaban J connectivity index is 1.54. The van der Waals surface area contributed by atoms with Crippen molar-refractivity contribution < 1.29 is 13.2 Å². The van der Waals surface area contributed by atoms with Crippen LogP contribution in [0.25, 0.3) is 6.08 Å². The molecule has 140 valence electrons. The molecular weight excluding hydrogens is 372 g/mol. The minimum Gasteiger partial charge on any atom is -0.339 e. The van der Waals surface area contributed by atoms with Crippen LogP contribution in [-0.4, -0.2) is 48.6 Å². The molecule has 1 atom stereocenters. The van der Waals surface area contributed by atoms with Crippen LogP contribution in [0.1, 0.15) is 18.4 Å². The molecule has 9 heteroatoms. The van der Waals surface area contributed by atoms with Crippen molar-refractivity contribution in [3.8, 4) is 0 Å². The number of hydrogen-bond acceptors (Lipinski definition) is 5. The fraction of sp³-hybridized carbons (Fsp3) is 0.412. The molecule has 0 aliphatic carbocycles. The number of sulfonamides is 1. The fourth-order valence-electron chi connectivity index (χ4n) is 2.95. The van der Waals surface area contributed by atoms with Gasteiger partial charge in [-0.2, -0.15) is 5.10 Å². The highest BCUT2D eigenvalue weighted by Crippen LogP contribution is 2.19. The van der Waals surface area contributed by atoms with Crippen LogP contribution in [0.15, 0.2) is 40.2 Å². The van der Waals surface area contributed by atoms with E-state index in [9.17, 15) is 13.2 Å². The molecular formula is C17H22N4O3S2. The Morgan fingerprint density at radius 2 is 2.35 bits per heavy atom. The lowest BCUT2D eigenvalue weighted by atomic mass is 9.98. The largest absolute Gasteiger partial charge is 0.339 e. The number of rotatable bonds is 6. The lowest BCUT2D eigenvalue weighted by Gasteiger charge is -2.32. The molecule has 0 saturated carbocycles. The van der Waals surface area contributed by atoms with Gasteiger partial charge in [0.25, 0.3) is 0 Å². The van der Waals surface area contributed by atoms with Gasteiger partial charge >= 0.3 is 0 Å². The molecule has 1 amide bonds. The third kappa shape index (κ3) is 4.80. The molecule has 2 aromatic heterocycles. The van der Waals surface area contributed by atoms with E-state index in [1.807, 2.05) is 13.2 Å². The number of piperidine rings is 1. The van der Waals surface area contributed by atoms with Crippen molar-refractivity contribution in [2.24, 2.45) is 13.0 Å². The predicted molar refractivity (Wildman–Crippen MR) is 101 cm³/mol. The first kappa shape index (κ1) is 18.8. The van der Waals surface area contributed by atoms with E-state index in [-0.39, 0.29) is 11.8 Å². The highest BCUT2D eigenvalue weighted by Gasteiger charge is 2.24. The van der Waals surface area contributed by atoms with Gasteiger partial charge in [0.05, 0.1) is 6.20 Å². The summed E-state index contributed by atoms with van der Waals surface area (Å²) in [5.74, 6) is 0.0638. The van der Waals surface area contributed by atoms with Gasteiger partial charge < -0.3 is 4.90 Å². The summed E-state index contributed by atoms with van der Waals surface area (Å²) in [7, 11) is -1.63. The second-order valence-electron chi connectivity index (χ2n) is 6.36. The summed E-state index contributed by atoms with van der Waals surface area (Å²) in [6.07, 6.45) is 8.61. The molecule has 0 unspecified atom stereocenters. The highest BCUT2D eigenvalue weighted by molar-refractivity contribution is 7.91. The van der Waals surface area contributed by atoms with Gasteiger partial charge in [-0.05, 0) is 36.3 Å². The number of likely N-dealkylation sites (tertiary alicyclic amines) is 1. The fourth-order valence-corrected chi connectivity index (χ4v) is 5.10. The van der Waals surface area contributed by atoms with E-state index in [1.165, 1.54) is 11.3 Å². The van der Waals surface area contributed by atoms with E-state index in [0.717, 1.165) is 18.4 Å². The van der Waals surface area contributed by atoms with Gasteiger partial charge in [-0.25, -0.2) is 13.1 Å². The molecule has 26 heavy (non-hydrogen) atoms. The quantitative estimate of drug-likeness (QED) is 0.756. The van der Waals surface area contributed by atoms with E-state index in [4.69, 9.17) is 0 Å². The summed E-state index contributed by atoms with van der Waals surface area (Å²) in [5.41, 5.74) is 0.873. The number of amides is 1. The maximum Gasteiger partial charge on any atom is 0.250 e. The van der Waals surface area contributed by atoms with E-state index >= 15 is 0 Å². The summed E-state index contributed by atoms with van der Waals surface area (Å²) in [6, 6.07) is 3.31. The lowest BCUT2D eigenvalue weighted by Crippen LogP contribution is -2.43. The molecule has 3 heterocycles. The van der Waals surface area contributed by atoms with Crippen LogP contribution in [0.5, 0.6) is 0 Å². The summed E-state index contributed by atoms with van der Waals surface area (Å²) >= 11 is 1.20. The van der Waals surface area contributed by atoms with Gasteiger partial charge in [0.1, 0.15) is 4.21 Å². The molecule has 1 fully saturated rings. The van der Waals surface area contributed by atoms with Crippen molar-refractivity contribution in [3.05, 3.63) is 41.5 Å². The first-order chi connectivity index (χ1) is 12.4. The molecule has 0 bridgehead atoms. The molecule has 2 aromatic rings. The van der Waals surface area contributed by atoms with Gasteiger partial charge in [0, 0.05) is 44.5 Å². The van der Waals surface area contributed by atoms with Crippen molar-refractivity contribution >= 4 is 33.3 Å². The van der Waals surface area contributed by atoms with Gasteiger partial charge in [-0.15, -0.1) is 11.3 Å². The van der Waals surface area contributed by atoms with Crippen LogP contribution in [0.3, 0.4) is 0 Å². The maximum absolute atomic E-state index is 12.4. The molecule has 7 nitrogen and oxygen atoms in total. The number of aryl methyl sites for hydroxylation is 1. The van der Waals surface area contributed by atoms with E-state index in [0.29, 0.717) is 23.8 Å². The molecule has 1 saturated heterocycles. The smallest absolute Gasteiger partial charge is 0.250 e. The zero-order valence-corrected chi connectivity index (χ0v) is 16.2. The highest BCUT2D eigenvalue weighted by atomic mass is 32.2. The minimum absolute atomic E-state index is 0.0559. The van der Waals surface area contributed by atoms with E-state index in [2.05, 4.69) is 9.82 Å². The molecule has 0 spiro atoms. The zero-order valence-electron chi connectivity index (χ0n) is 14.5. The van der Waals surface area contributed by atoms with Crippen LogP contribution >= 0.6 is 11.3 Å². The first-order valence-corrected chi connectivity index (χ1v) is 10.8. The standard InChI is InChI=1S/C17H22N4O3S2/c1-20-12-15(10-18-20)6-7-16(22)21-8-2-4-14(13-21)11-19-26(23,24)17-5-3-9-25-17/h3,5-7,9-10,12,14,19H,2,4,8,11,13H2,1H3/b7-6+/t14-/m0/s1. The number of hydrogen-bond donors (Lipinski definition) is 1. The van der Waals surface area contributed by atoms with Crippen LogP contribution in [-0.2, 0) is 21.9 Å². The normalized spacial score (nSPS) is 18.5. The summed E-state index contributed by atoms with van der Waals surface area (Å²) in [5, 5.41) is 5.80. The average molecular weight is 395 g/mol. The Hall–Kier alpha value is -1.97. The summed E-state index contributed by atoms with van der Waals surface area (Å²) in [6.45, 7) is 1.60. The first-order valence-electron chi connectivity index (χ1n) is 8.43. The molecule has 1 aliphatic heterocycles. The summed E-state index contributed by atoms with van der Waals surface area (Å²) < 4.78 is 29.1. The molecule has 3 rings (SSSR count). The molecule has 1 aliphatic rings. The van der Waals surface area contributed by atoms with Crippen molar-refractivity contribution in [1.29, 1.82) is 0 Å². The van der Waals surface area contributed by atoms with E-state index in [1.54, 1.807) is 45.4 Å². The van der Waals surface area contributed by atoms with Crippen molar-refractivity contribution in [3.63, 3.8) is 0 Å². The van der Waals surface area contributed by atoms with Crippen molar-refractivity contribution in [1.82, 2.24) is 19.4 Å². The Labute approximate surface area is 157 Å². The second kappa shape index (κ2) is 8.15. The molecule has 0 radical (unpaired) electrons. The number of carbonyl (C=O) groups is 1. The van der Waals surface area contributed by atoms with Crippen LogP contribution in [0, 0.1) is 5.92 Å². The monoisotopic (exact) mass is 394 g/mol. The number of thiophene rings is 1. The topological polar surface area (TPSA) is 84.3 Å². The van der Waals surface area contributed by atoms with Crippen LogP contribution < -0.4 is 4.72 Å². The van der Waals surface area contributed by atoms with E-state index < -0.39 is 10.0 Å². The Kier molecular flexibility index (Phi) is 5.90. The van der Waals surface area contributed by atoms with Crippen LogP contribution in [0.4, 0.5) is 0 Å². The number of aromatic nitrogens is 2. The zero-order chi connectivity index (χ0) is 18.6. The maximum atomic E-state index is 12.4. The van der Waals surface area contributed by atoms with Gasteiger partial charge in [0.2, 0.25) is 15.9 Å². The third-order valence-electron chi connectivity index (χ3n) is 4.30.